The van der Waals surface area contributed by atoms with Gasteiger partial charge in [-0.1, -0.05) is 6.07 Å². The highest BCUT2D eigenvalue weighted by Crippen LogP contribution is 2.33. The van der Waals surface area contributed by atoms with Crippen LogP contribution >= 0.6 is 15.9 Å². The molecule has 0 aliphatic rings. The lowest BCUT2D eigenvalue weighted by molar-refractivity contribution is 0.479. The molecule has 0 aromatic heterocycles. The largest absolute Gasteiger partial charge is 0.456 e. The van der Waals surface area contributed by atoms with E-state index >= 15 is 0 Å². The number of aryl methyl sites for hydroxylation is 3. The summed E-state index contributed by atoms with van der Waals surface area (Å²) in [5, 5.41) is 0. The first-order valence-corrected chi connectivity index (χ1v) is 6.57. The lowest BCUT2D eigenvalue weighted by atomic mass is 10.1. The minimum atomic E-state index is 0.759. The summed E-state index contributed by atoms with van der Waals surface area (Å²) >= 11 is 3.47. The standard InChI is InChI=1S/C15H16BrNO/c1-9-4-5-12(6-10(9)2)18-15-7-11(3)14(17)8-13(15)16/h4-8H,17H2,1-3H3. The van der Waals surface area contributed by atoms with E-state index in [1.807, 2.05) is 31.2 Å². The number of anilines is 1. The maximum Gasteiger partial charge on any atom is 0.142 e. The van der Waals surface area contributed by atoms with E-state index in [9.17, 15) is 0 Å². The van der Waals surface area contributed by atoms with Crippen molar-refractivity contribution < 1.29 is 4.74 Å². The van der Waals surface area contributed by atoms with Crippen molar-refractivity contribution in [3.8, 4) is 11.5 Å². The molecule has 0 heterocycles. The van der Waals surface area contributed by atoms with Gasteiger partial charge in [-0.25, -0.2) is 0 Å². The summed E-state index contributed by atoms with van der Waals surface area (Å²) in [5.74, 6) is 1.62. The van der Waals surface area contributed by atoms with Crippen LogP contribution in [0.1, 0.15) is 16.7 Å². The van der Waals surface area contributed by atoms with Gasteiger partial charge in [-0.2, -0.15) is 0 Å². The quantitative estimate of drug-likeness (QED) is 0.813. The van der Waals surface area contributed by atoms with Crippen LogP contribution in [0.25, 0.3) is 0 Å². The molecule has 2 aromatic rings. The molecule has 2 aromatic carbocycles. The molecule has 2 N–H and O–H groups in total. The van der Waals surface area contributed by atoms with Gasteiger partial charge in [0.25, 0.3) is 0 Å². The molecule has 0 spiro atoms. The molecule has 0 saturated heterocycles. The van der Waals surface area contributed by atoms with E-state index in [0.29, 0.717) is 0 Å². The van der Waals surface area contributed by atoms with Crippen LogP contribution in [0.4, 0.5) is 5.69 Å². The van der Waals surface area contributed by atoms with Gasteiger partial charge in [-0.3, -0.25) is 0 Å². The summed E-state index contributed by atoms with van der Waals surface area (Å²) in [6.07, 6.45) is 0. The van der Waals surface area contributed by atoms with Crippen LogP contribution in [-0.2, 0) is 0 Å². The Balaban J connectivity index is 2.34. The smallest absolute Gasteiger partial charge is 0.142 e. The van der Waals surface area contributed by atoms with Gasteiger partial charge in [0.1, 0.15) is 11.5 Å². The minimum Gasteiger partial charge on any atom is -0.456 e. The van der Waals surface area contributed by atoms with E-state index < -0.39 is 0 Å². The van der Waals surface area contributed by atoms with E-state index in [-0.39, 0.29) is 0 Å². The number of hydrogen-bond acceptors (Lipinski definition) is 2. The summed E-state index contributed by atoms with van der Waals surface area (Å²) in [7, 11) is 0. The Labute approximate surface area is 116 Å². The van der Waals surface area contributed by atoms with Crippen LogP contribution in [0.15, 0.2) is 34.8 Å². The van der Waals surface area contributed by atoms with Gasteiger partial charge in [-0.15, -0.1) is 0 Å². The van der Waals surface area contributed by atoms with Crippen LogP contribution < -0.4 is 10.5 Å². The number of ether oxygens (including phenoxy) is 1. The molecule has 0 radical (unpaired) electrons. The van der Waals surface area contributed by atoms with E-state index in [4.69, 9.17) is 10.5 Å². The van der Waals surface area contributed by atoms with E-state index in [1.54, 1.807) is 0 Å². The third-order valence-electron chi connectivity index (χ3n) is 3.03. The van der Waals surface area contributed by atoms with Crippen molar-refractivity contribution in [2.75, 3.05) is 5.73 Å². The first-order valence-electron chi connectivity index (χ1n) is 5.78. The second-order valence-electron chi connectivity index (χ2n) is 4.49. The molecule has 94 valence electrons. The van der Waals surface area contributed by atoms with Gasteiger partial charge in [0.2, 0.25) is 0 Å². The van der Waals surface area contributed by atoms with Gasteiger partial charge < -0.3 is 10.5 Å². The van der Waals surface area contributed by atoms with Gasteiger partial charge in [0.05, 0.1) is 4.47 Å². The molecule has 0 saturated carbocycles. The Morgan fingerprint density at radius 3 is 2.33 bits per heavy atom. The maximum absolute atomic E-state index is 5.88. The third-order valence-corrected chi connectivity index (χ3v) is 3.65. The molecular formula is C15H16BrNO. The maximum atomic E-state index is 5.88. The molecule has 0 unspecified atom stereocenters. The lowest BCUT2D eigenvalue weighted by Gasteiger charge is -2.11. The predicted octanol–water partition coefficient (Wildman–Crippen LogP) is 4.75. The molecule has 2 nitrogen and oxygen atoms in total. The fourth-order valence-corrected chi connectivity index (χ4v) is 2.10. The van der Waals surface area contributed by atoms with Crippen molar-refractivity contribution in [2.45, 2.75) is 20.8 Å². The molecule has 0 amide bonds. The Hall–Kier alpha value is -1.48. The van der Waals surface area contributed by atoms with E-state index in [0.717, 1.165) is 27.2 Å². The van der Waals surface area contributed by atoms with Crippen molar-refractivity contribution in [1.82, 2.24) is 0 Å². The molecule has 18 heavy (non-hydrogen) atoms. The zero-order valence-corrected chi connectivity index (χ0v) is 12.3. The van der Waals surface area contributed by atoms with Crippen molar-refractivity contribution >= 4 is 21.6 Å². The SMILES string of the molecule is Cc1ccc(Oc2cc(C)c(N)cc2Br)cc1C. The van der Waals surface area contributed by atoms with E-state index in [2.05, 4.69) is 35.8 Å². The highest BCUT2D eigenvalue weighted by Gasteiger charge is 2.06. The van der Waals surface area contributed by atoms with Crippen LogP contribution in [-0.4, -0.2) is 0 Å². The van der Waals surface area contributed by atoms with Gasteiger partial charge in [0.15, 0.2) is 0 Å². The summed E-state index contributed by atoms with van der Waals surface area (Å²) in [5.41, 5.74) is 10.1. The highest BCUT2D eigenvalue weighted by atomic mass is 79.9. The average Bonchev–Trinajstić information content (AvgIpc) is 2.31. The Morgan fingerprint density at radius 1 is 0.944 bits per heavy atom. The predicted molar refractivity (Wildman–Crippen MR) is 79.3 cm³/mol. The number of nitrogen functional groups attached to an aromatic ring is 1. The normalized spacial score (nSPS) is 10.4. The number of rotatable bonds is 2. The zero-order valence-electron chi connectivity index (χ0n) is 10.8. The number of hydrogen-bond donors (Lipinski definition) is 1. The first-order chi connectivity index (χ1) is 8.47. The van der Waals surface area contributed by atoms with Crippen molar-refractivity contribution in [1.29, 1.82) is 0 Å². The van der Waals surface area contributed by atoms with E-state index in [1.165, 1.54) is 11.1 Å². The minimum absolute atomic E-state index is 0.759. The fourth-order valence-electron chi connectivity index (χ4n) is 1.65. The van der Waals surface area contributed by atoms with Crippen LogP contribution in [0.3, 0.4) is 0 Å². The number of halogens is 1. The zero-order chi connectivity index (χ0) is 13.3. The molecule has 3 heteroatoms. The van der Waals surface area contributed by atoms with Gasteiger partial charge >= 0.3 is 0 Å². The second-order valence-corrected chi connectivity index (χ2v) is 5.34. The monoisotopic (exact) mass is 305 g/mol. The first kappa shape index (κ1) is 13.0. The van der Waals surface area contributed by atoms with Crippen molar-refractivity contribution in [2.24, 2.45) is 0 Å². The average molecular weight is 306 g/mol. The lowest BCUT2D eigenvalue weighted by Crippen LogP contribution is -1.93. The van der Waals surface area contributed by atoms with Crippen LogP contribution in [0.2, 0.25) is 0 Å². The molecule has 0 fully saturated rings. The summed E-state index contributed by atoms with van der Waals surface area (Å²) in [6, 6.07) is 9.87. The summed E-state index contributed by atoms with van der Waals surface area (Å²) in [4.78, 5) is 0. The number of nitrogens with two attached hydrogens (primary N) is 1. The van der Waals surface area contributed by atoms with Crippen LogP contribution in [0.5, 0.6) is 11.5 Å². The summed E-state index contributed by atoms with van der Waals surface area (Å²) in [6.45, 7) is 6.13. The fraction of sp³-hybridized carbons (Fsp3) is 0.200. The topological polar surface area (TPSA) is 35.2 Å². The van der Waals surface area contributed by atoms with Crippen molar-refractivity contribution in [3.05, 3.63) is 51.5 Å². The molecule has 0 bridgehead atoms. The van der Waals surface area contributed by atoms with Crippen molar-refractivity contribution in [3.63, 3.8) is 0 Å². The second kappa shape index (κ2) is 5.02. The highest BCUT2D eigenvalue weighted by molar-refractivity contribution is 9.10. The Morgan fingerprint density at radius 2 is 1.67 bits per heavy atom. The van der Waals surface area contributed by atoms with Gasteiger partial charge in [0, 0.05) is 5.69 Å². The molecule has 0 aliphatic carbocycles. The molecule has 0 atom stereocenters. The molecule has 0 aliphatic heterocycles. The summed E-state index contributed by atoms with van der Waals surface area (Å²) < 4.78 is 6.74. The Bertz CT molecular complexity index is 593. The van der Waals surface area contributed by atoms with Gasteiger partial charge in [-0.05, 0) is 77.7 Å². The molecular weight excluding hydrogens is 290 g/mol. The molecule has 2 rings (SSSR count). The van der Waals surface area contributed by atoms with Crippen LogP contribution in [0, 0.1) is 20.8 Å². The Kier molecular flexibility index (Phi) is 3.62. The number of benzene rings is 2. The third kappa shape index (κ3) is 2.67.